The highest BCUT2D eigenvalue weighted by atomic mass is 79.9. The van der Waals surface area contributed by atoms with Crippen molar-refractivity contribution in [3.8, 4) is 0 Å². The van der Waals surface area contributed by atoms with Crippen LogP contribution in [-0.4, -0.2) is 28.2 Å². The zero-order valence-electron chi connectivity index (χ0n) is 23.3. The van der Waals surface area contributed by atoms with Gasteiger partial charge in [-0.2, -0.15) is 0 Å². The Hall–Kier alpha value is -2.47. The number of hydrogen-bond donors (Lipinski definition) is 1. The molecule has 1 amide bonds. The van der Waals surface area contributed by atoms with Crippen molar-refractivity contribution in [3.63, 3.8) is 0 Å². The predicted octanol–water partition coefficient (Wildman–Crippen LogP) is 9.49. The second kappa shape index (κ2) is 16.6. The zero-order chi connectivity index (χ0) is 28.0. The van der Waals surface area contributed by atoms with Gasteiger partial charge in [0.1, 0.15) is 11.6 Å². The third-order valence-corrected chi connectivity index (χ3v) is 8.14. The maximum Gasteiger partial charge on any atom is 0.295 e. The second-order valence-electron chi connectivity index (χ2n) is 10.6. The Balaban J connectivity index is 1.54. The summed E-state index contributed by atoms with van der Waals surface area (Å²) in [6, 6.07) is 12.0. The summed E-state index contributed by atoms with van der Waals surface area (Å²) in [4.78, 5) is 27.6. The van der Waals surface area contributed by atoms with Crippen molar-refractivity contribution in [2.24, 2.45) is 0 Å². The van der Waals surface area contributed by atoms with Gasteiger partial charge in [0.2, 0.25) is 0 Å². The van der Waals surface area contributed by atoms with Crippen LogP contribution in [0, 0.1) is 5.82 Å². The molecule has 39 heavy (non-hydrogen) atoms. The number of rotatable bonds is 17. The van der Waals surface area contributed by atoms with Crippen LogP contribution in [0.4, 0.5) is 4.39 Å². The van der Waals surface area contributed by atoms with E-state index in [4.69, 9.17) is 0 Å². The summed E-state index contributed by atoms with van der Waals surface area (Å²) in [5.41, 5.74) is 0.576. The van der Waals surface area contributed by atoms with Gasteiger partial charge in [-0.3, -0.25) is 9.59 Å². The summed E-state index contributed by atoms with van der Waals surface area (Å²) >= 11 is 3.36. The first-order chi connectivity index (χ1) is 19.0. The lowest BCUT2D eigenvalue weighted by atomic mass is 9.95. The number of aliphatic hydroxyl groups excluding tert-OH is 1. The maximum atomic E-state index is 14.9. The van der Waals surface area contributed by atoms with Gasteiger partial charge in [-0.15, -0.1) is 0 Å². The first-order valence-electron chi connectivity index (χ1n) is 14.7. The van der Waals surface area contributed by atoms with E-state index in [0.717, 1.165) is 30.2 Å². The van der Waals surface area contributed by atoms with E-state index in [2.05, 4.69) is 22.9 Å². The Morgan fingerprint density at radius 2 is 1.31 bits per heavy atom. The molecule has 1 N–H and O–H groups in total. The molecule has 1 aliphatic rings. The molecule has 6 heteroatoms. The number of Topliss-reactive ketones (excluding diaryl/α,β-unsaturated/α-hetero) is 1. The normalized spacial score (nSPS) is 16.8. The number of carbonyl (C=O) groups is 2. The van der Waals surface area contributed by atoms with E-state index in [-0.39, 0.29) is 16.9 Å². The minimum atomic E-state index is -0.947. The summed E-state index contributed by atoms with van der Waals surface area (Å²) < 4.78 is 15.7. The van der Waals surface area contributed by atoms with Crippen molar-refractivity contribution in [1.29, 1.82) is 0 Å². The number of halogens is 2. The molecule has 1 fully saturated rings. The van der Waals surface area contributed by atoms with E-state index in [1.54, 1.807) is 42.5 Å². The summed E-state index contributed by atoms with van der Waals surface area (Å²) in [6.07, 6.45) is 17.2. The molecule has 2 aromatic carbocycles. The van der Waals surface area contributed by atoms with Crippen molar-refractivity contribution in [2.45, 2.75) is 103 Å². The van der Waals surface area contributed by atoms with Gasteiger partial charge in [0.15, 0.2) is 0 Å². The van der Waals surface area contributed by atoms with E-state index < -0.39 is 23.5 Å². The van der Waals surface area contributed by atoms with Crippen LogP contribution in [0.25, 0.3) is 5.76 Å². The second-order valence-corrected chi connectivity index (χ2v) is 11.5. The standard InChI is InChI=1S/C33H43BrFNO3/c1-2-3-4-5-6-7-8-9-10-11-12-13-14-17-24-36-30(27-18-15-16-19-28(27)35)29(32(38)33(36)39)31(37)25-20-22-26(34)23-21-25/h15-16,18-23,30,37H,2-14,17,24H2,1H3/b31-29+/t30-/m1/s1. The number of likely N-dealkylation sites (tertiary alicyclic amines) is 1. The topological polar surface area (TPSA) is 57.6 Å². The van der Waals surface area contributed by atoms with Gasteiger partial charge in [0, 0.05) is 22.1 Å². The minimum absolute atomic E-state index is 0.0576. The van der Waals surface area contributed by atoms with Crippen molar-refractivity contribution in [1.82, 2.24) is 4.90 Å². The summed E-state index contributed by atoms with van der Waals surface area (Å²) in [6.45, 7) is 2.60. The molecular formula is C33H43BrFNO3. The van der Waals surface area contributed by atoms with Gasteiger partial charge < -0.3 is 10.0 Å². The molecule has 1 atom stereocenters. The third-order valence-electron chi connectivity index (χ3n) is 7.61. The summed E-state index contributed by atoms with van der Waals surface area (Å²) in [7, 11) is 0. The van der Waals surface area contributed by atoms with Crippen LogP contribution in [0.1, 0.15) is 114 Å². The molecule has 0 saturated carbocycles. The van der Waals surface area contributed by atoms with E-state index in [0.29, 0.717) is 12.1 Å². The summed E-state index contributed by atoms with van der Waals surface area (Å²) in [5.74, 6) is -2.24. The first kappa shape index (κ1) is 31.1. The Morgan fingerprint density at radius 1 is 0.795 bits per heavy atom. The molecule has 0 aromatic heterocycles. The fraction of sp³-hybridized carbons (Fsp3) is 0.515. The Labute approximate surface area is 241 Å². The van der Waals surface area contributed by atoms with Gasteiger partial charge in [-0.25, -0.2) is 4.39 Å². The van der Waals surface area contributed by atoms with E-state index >= 15 is 0 Å². The molecule has 1 heterocycles. The molecular weight excluding hydrogens is 557 g/mol. The maximum absolute atomic E-state index is 14.9. The average molecular weight is 601 g/mol. The largest absolute Gasteiger partial charge is 0.507 e. The molecule has 212 valence electrons. The van der Waals surface area contributed by atoms with E-state index in [9.17, 15) is 19.1 Å². The fourth-order valence-corrected chi connectivity index (χ4v) is 5.64. The van der Waals surface area contributed by atoms with Crippen LogP contribution >= 0.6 is 15.9 Å². The number of hydrogen-bond acceptors (Lipinski definition) is 3. The SMILES string of the molecule is CCCCCCCCCCCCCCCCN1C(=O)C(=O)/C(=C(/O)c2ccc(Br)cc2)[C@H]1c1ccccc1F. The first-order valence-corrected chi connectivity index (χ1v) is 15.5. The summed E-state index contributed by atoms with van der Waals surface area (Å²) in [5, 5.41) is 11.1. The molecule has 4 nitrogen and oxygen atoms in total. The number of nitrogens with zero attached hydrogens (tertiary/aromatic N) is 1. The van der Waals surface area contributed by atoms with Crippen LogP contribution in [0.2, 0.25) is 0 Å². The minimum Gasteiger partial charge on any atom is -0.507 e. The zero-order valence-corrected chi connectivity index (χ0v) is 24.9. The molecule has 0 unspecified atom stereocenters. The number of amides is 1. The Morgan fingerprint density at radius 3 is 1.85 bits per heavy atom. The van der Waals surface area contributed by atoms with Crippen LogP contribution < -0.4 is 0 Å². The van der Waals surface area contributed by atoms with Gasteiger partial charge in [0.25, 0.3) is 11.7 Å². The van der Waals surface area contributed by atoms with Crippen LogP contribution in [0.3, 0.4) is 0 Å². The molecule has 0 bridgehead atoms. The number of benzene rings is 2. The molecule has 0 radical (unpaired) electrons. The molecule has 1 saturated heterocycles. The third kappa shape index (κ3) is 9.02. The van der Waals surface area contributed by atoms with Crippen LogP contribution in [0.5, 0.6) is 0 Å². The molecule has 0 spiro atoms. The monoisotopic (exact) mass is 599 g/mol. The van der Waals surface area contributed by atoms with Gasteiger partial charge >= 0.3 is 0 Å². The van der Waals surface area contributed by atoms with Gasteiger partial charge in [-0.1, -0.05) is 137 Å². The quantitative estimate of drug-likeness (QED) is 0.0852. The predicted molar refractivity (Wildman–Crippen MR) is 160 cm³/mol. The molecule has 3 rings (SSSR count). The molecule has 2 aromatic rings. The number of carbonyl (C=O) groups excluding carboxylic acids is 2. The number of unbranched alkanes of at least 4 members (excludes halogenated alkanes) is 13. The lowest BCUT2D eigenvalue weighted by Crippen LogP contribution is -2.31. The van der Waals surface area contributed by atoms with E-state index in [1.807, 2.05) is 0 Å². The highest BCUT2D eigenvalue weighted by Crippen LogP contribution is 2.40. The lowest BCUT2D eigenvalue weighted by Gasteiger charge is -2.25. The highest BCUT2D eigenvalue weighted by molar-refractivity contribution is 9.10. The van der Waals surface area contributed by atoms with Gasteiger partial charge in [-0.05, 0) is 24.6 Å². The smallest absolute Gasteiger partial charge is 0.295 e. The lowest BCUT2D eigenvalue weighted by molar-refractivity contribution is -0.140. The van der Waals surface area contributed by atoms with Crippen molar-refractivity contribution in [3.05, 3.63) is 75.5 Å². The van der Waals surface area contributed by atoms with Crippen molar-refractivity contribution >= 4 is 33.4 Å². The Kier molecular flexibility index (Phi) is 13.2. The average Bonchev–Trinajstić information content (AvgIpc) is 3.18. The fourth-order valence-electron chi connectivity index (χ4n) is 5.37. The van der Waals surface area contributed by atoms with Crippen molar-refractivity contribution < 1.29 is 19.1 Å². The number of aliphatic hydroxyl groups is 1. The number of ketones is 1. The molecule has 1 aliphatic heterocycles. The van der Waals surface area contributed by atoms with Crippen LogP contribution in [-0.2, 0) is 9.59 Å². The Bertz CT molecular complexity index is 1100. The van der Waals surface area contributed by atoms with Gasteiger partial charge in [0.05, 0.1) is 11.6 Å². The highest BCUT2D eigenvalue weighted by Gasteiger charge is 2.46. The van der Waals surface area contributed by atoms with Crippen LogP contribution in [0.15, 0.2) is 58.6 Å². The molecule has 0 aliphatic carbocycles. The van der Waals surface area contributed by atoms with Crippen molar-refractivity contribution in [2.75, 3.05) is 6.54 Å². The van der Waals surface area contributed by atoms with E-state index in [1.165, 1.54) is 75.2 Å².